The summed E-state index contributed by atoms with van der Waals surface area (Å²) < 4.78 is 0. The lowest BCUT2D eigenvalue weighted by molar-refractivity contribution is -0.140. The molecule has 2 fully saturated rings. The van der Waals surface area contributed by atoms with Crippen LogP contribution in [0.5, 0.6) is 0 Å². The van der Waals surface area contributed by atoms with Crippen molar-refractivity contribution in [2.75, 3.05) is 19.6 Å². The van der Waals surface area contributed by atoms with Gasteiger partial charge < -0.3 is 10.2 Å². The third-order valence-corrected chi connectivity index (χ3v) is 9.67. The number of unbranched alkanes of at least 4 members (excludes halogenated alkanes) is 1. The van der Waals surface area contributed by atoms with Crippen LogP contribution in [0.15, 0.2) is 30.3 Å². The van der Waals surface area contributed by atoms with Crippen molar-refractivity contribution in [3.05, 3.63) is 35.9 Å². The van der Waals surface area contributed by atoms with Gasteiger partial charge in [-0.1, -0.05) is 103 Å². The van der Waals surface area contributed by atoms with Gasteiger partial charge in [0.15, 0.2) is 0 Å². The first-order chi connectivity index (χ1) is 18.4. The molecule has 4 nitrogen and oxygen atoms in total. The maximum absolute atomic E-state index is 13.9. The summed E-state index contributed by atoms with van der Waals surface area (Å²) >= 11 is 0. The number of nitrogens with zero attached hydrogens (tertiary/aromatic N) is 1. The van der Waals surface area contributed by atoms with Crippen molar-refractivity contribution >= 4 is 11.8 Å². The Balaban J connectivity index is 1.88. The van der Waals surface area contributed by atoms with Gasteiger partial charge in [-0.25, -0.2) is 0 Å². The van der Waals surface area contributed by atoms with E-state index in [0.717, 1.165) is 31.6 Å². The van der Waals surface area contributed by atoms with Gasteiger partial charge in [0.1, 0.15) is 0 Å². The molecular formula is C34H56N2O2. The molecule has 3 rings (SSSR count). The molecule has 1 aliphatic heterocycles. The van der Waals surface area contributed by atoms with E-state index in [0.29, 0.717) is 24.9 Å². The molecule has 38 heavy (non-hydrogen) atoms. The standard InChI is InChI=1S/C34H56N2O2/c1-5-7-14-27(3)25-34(31-18-9-8-10-19-31)20-12-17-30(24-29-15-11-16-29)28(4)33(38)36(23-13-21-34)26-32(37)35-22-6-2/h8-10,18-19,27-30H,5-7,11-17,20-26H2,1-4H3,(H,35,37)/t27?,28?,30?,34-/m0/s1. The van der Waals surface area contributed by atoms with E-state index in [1.807, 2.05) is 4.90 Å². The maximum Gasteiger partial charge on any atom is 0.239 e. The number of hydrogen-bond donors (Lipinski definition) is 1. The quantitative estimate of drug-likeness (QED) is 0.302. The second-order valence-corrected chi connectivity index (χ2v) is 12.8. The molecule has 0 aromatic heterocycles. The Bertz CT molecular complexity index is 836. The zero-order valence-corrected chi connectivity index (χ0v) is 25.0. The number of benzene rings is 1. The van der Waals surface area contributed by atoms with Crippen LogP contribution in [0.3, 0.4) is 0 Å². The van der Waals surface area contributed by atoms with Crippen molar-refractivity contribution in [2.45, 2.75) is 123 Å². The third kappa shape index (κ3) is 8.85. The number of carbonyl (C=O) groups is 2. The lowest BCUT2D eigenvalue weighted by Gasteiger charge is -2.38. The molecule has 1 aliphatic carbocycles. The van der Waals surface area contributed by atoms with Gasteiger partial charge in [-0.05, 0) is 73.7 Å². The molecule has 1 aromatic rings. The van der Waals surface area contributed by atoms with E-state index in [2.05, 4.69) is 63.3 Å². The van der Waals surface area contributed by atoms with Gasteiger partial charge in [0.2, 0.25) is 11.8 Å². The SMILES string of the molecule is CCCCC(C)C[C@]1(c2ccccc2)CCCC(CC2CCC2)C(C)C(=O)N(CC(=O)NCCC)CCC1. The summed E-state index contributed by atoms with van der Waals surface area (Å²) in [6.45, 7) is 10.5. The van der Waals surface area contributed by atoms with E-state index in [1.54, 1.807) is 0 Å². The van der Waals surface area contributed by atoms with Crippen molar-refractivity contribution in [2.24, 2.45) is 23.7 Å². The molecule has 2 amide bonds. The first kappa shape index (κ1) is 30.7. The fraction of sp³-hybridized carbons (Fsp3) is 0.765. The van der Waals surface area contributed by atoms with E-state index in [-0.39, 0.29) is 29.7 Å². The van der Waals surface area contributed by atoms with Crippen molar-refractivity contribution in [3.63, 3.8) is 0 Å². The fourth-order valence-electron chi connectivity index (χ4n) is 7.14. The van der Waals surface area contributed by atoms with Crippen LogP contribution in [0.1, 0.15) is 123 Å². The third-order valence-electron chi connectivity index (χ3n) is 9.67. The zero-order chi connectivity index (χ0) is 27.4. The predicted molar refractivity (Wildman–Crippen MR) is 159 cm³/mol. The zero-order valence-electron chi connectivity index (χ0n) is 25.0. The highest BCUT2D eigenvalue weighted by Gasteiger charge is 2.37. The van der Waals surface area contributed by atoms with Gasteiger partial charge in [0.25, 0.3) is 0 Å². The molecule has 1 aromatic carbocycles. The molecule has 214 valence electrons. The van der Waals surface area contributed by atoms with Crippen molar-refractivity contribution in [1.82, 2.24) is 10.2 Å². The van der Waals surface area contributed by atoms with Crippen LogP contribution in [0.2, 0.25) is 0 Å². The van der Waals surface area contributed by atoms with E-state index in [1.165, 1.54) is 69.8 Å². The molecule has 0 radical (unpaired) electrons. The summed E-state index contributed by atoms with van der Waals surface area (Å²) in [7, 11) is 0. The number of nitrogens with one attached hydrogen (secondary N) is 1. The minimum absolute atomic E-state index is 0.0118. The first-order valence-corrected chi connectivity index (χ1v) is 16.0. The number of rotatable bonds is 12. The number of hydrogen-bond acceptors (Lipinski definition) is 2. The summed E-state index contributed by atoms with van der Waals surface area (Å²) in [6, 6.07) is 11.2. The van der Waals surface area contributed by atoms with Gasteiger partial charge in [-0.15, -0.1) is 0 Å². The minimum atomic E-state index is -0.0136. The van der Waals surface area contributed by atoms with Crippen LogP contribution in [-0.4, -0.2) is 36.3 Å². The second kappa shape index (κ2) is 15.7. The molecule has 3 unspecified atom stereocenters. The summed E-state index contributed by atoms with van der Waals surface area (Å²) in [4.78, 5) is 28.5. The molecular weight excluding hydrogens is 468 g/mol. The van der Waals surface area contributed by atoms with Crippen LogP contribution < -0.4 is 5.32 Å². The van der Waals surface area contributed by atoms with Crippen LogP contribution >= 0.6 is 0 Å². The van der Waals surface area contributed by atoms with Gasteiger partial charge in [0.05, 0.1) is 6.54 Å². The van der Waals surface area contributed by atoms with E-state index in [9.17, 15) is 9.59 Å². The normalized spacial score (nSPS) is 26.3. The van der Waals surface area contributed by atoms with Crippen LogP contribution in [0.4, 0.5) is 0 Å². The highest BCUT2D eigenvalue weighted by atomic mass is 16.2. The predicted octanol–water partition coefficient (Wildman–Crippen LogP) is 7.90. The van der Waals surface area contributed by atoms with Crippen molar-refractivity contribution < 1.29 is 9.59 Å². The molecule has 4 atom stereocenters. The molecule has 0 spiro atoms. The van der Waals surface area contributed by atoms with Gasteiger partial charge in [-0.2, -0.15) is 0 Å². The average Bonchev–Trinajstić information content (AvgIpc) is 2.91. The highest BCUT2D eigenvalue weighted by Crippen LogP contribution is 2.44. The Labute approximate surface area is 233 Å². The van der Waals surface area contributed by atoms with Gasteiger partial charge in [0, 0.05) is 19.0 Å². The first-order valence-electron chi connectivity index (χ1n) is 16.0. The topological polar surface area (TPSA) is 49.4 Å². The summed E-state index contributed by atoms with van der Waals surface area (Å²) in [5, 5.41) is 3.01. The molecule has 1 saturated carbocycles. The van der Waals surface area contributed by atoms with Crippen molar-refractivity contribution in [3.8, 4) is 0 Å². The largest absolute Gasteiger partial charge is 0.355 e. The molecule has 1 saturated heterocycles. The lowest BCUT2D eigenvalue weighted by Crippen LogP contribution is -2.45. The van der Waals surface area contributed by atoms with Crippen LogP contribution in [0, 0.1) is 23.7 Å². The molecule has 1 N–H and O–H groups in total. The average molecular weight is 525 g/mol. The van der Waals surface area contributed by atoms with E-state index < -0.39 is 0 Å². The van der Waals surface area contributed by atoms with E-state index in [4.69, 9.17) is 0 Å². The second-order valence-electron chi connectivity index (χ2n) is 12.8. The number of amides is 2. The van der Waals surface area contributed by atoms with Crippen LogP contribution in [-0.2, 0) is 15.0 Å². The fourth-order valence-corrected chi connectivity index (χ4v) is 7.14. The van der Waals surface area contributed by atoms with Gasteiger partial charge in [-0.3, -0.25) is 9.59 Å². The molecule has 0 bridgehead atoms. The number of carbonyl (C=O) groups excluding carboxylic acids is 2. The monoisotopic (exact) mass is 524 g/mol. The molecule has 2 aliphatic rings. The van der Waals surface area contributed by atoms with E-state index >= 15 is 0 Å². The Hall–Kier alpha value is -1.84. The smallest absolute Gasteiger partial charge is 0.239 e. The highest BCUT2D eigenvalue weighted by molar-refractivity contribution is 5.85. The van der Waals surface area contributed by atoms with Crippen molar-refractivity contribution in [1.29, 1.82) is 0 Å². The Morgan fingerprint density at radius 3 is 2.45 bits per heavy atom. The van der Waals surface area contributed by atoms with Crippen LogP contribution in [0.25, 0.3) is 0 Å². The molecule has 1 heterocycles. The van der Waals surface area contributed by atoms with Gasteiger partial charge >= 0.3 is 0 Å². The Kier molecular flexibility index (Phi) is 12.7. The molecule has 4 heteroatoms. The minimum Gasteiger partial charge on any atom is -0.355 e. The summed E-state index contributed by atoms with van der Waals surface area (Å²) in [5.74, 6) is 2.06. The summed E-state index contributed by atoms with van der Waals surface area (Å²) in [6.07, 6.45) is 16.7. The lowest BCUT2D eigenvalue weighted by atomic mass is 9.66. The summed E-state index contributed by atoms with van der Waals surface area (Å²) in [5.41, 5.74) is 1.62. The maximum atomic E-state index is 13.9. The Morgan fingerprint density at radius 1 is 1.05 bits per heavy atom. The Morgan fingerprint density at radius 2 is 1.79 bits per heavy atom.